The molecule has 0 bridgehead atoms. The molecular formula is C25H21Cl2F5N2O3S. The summed E-state index contributed by atoms with van der Waals surface area (Å²) in [6.07, 6.45) is -5.81. The highest BCUT2D eigenvalue weighted by Gasteiger charge is 2.62. The van der Waals surface area contributed by atoms with Crippen molar-refractivity contribution >= 4 is 52.6 Å². The molecule has 0 aromatic heterocycles. The van der Waals surface area contributed by atoms with Gasteiger partial charge in [-0.1, -0.05) is 66.5 Å². The molecule has 2 aromatic carbocycles. The van der Waals surface area contributed by atoms with E-state index >= 15 is 4.39 Å². The molecule has 4 rings (SSSR count). The fourth-order valence-corrected chi connectivity index (χ4v) is 5.46. The number of hydrogen-bond donors (Lipinski definition) is 1. The number of carbonyl (C=O) groups is 2. The third kappa shape index (κ3) is 5.00. The Kier molecular flexibility index (Phi) is 7.29. The minimum Gasteiger partial charge on any atom is -0.374 e. The van der Waals surface area contributed by atoms with Crippen molar-refractivity contribution in [3.8, 4) is 0 Å². The topological polar surface area (TPSA) is 59.0 Å². The molecule has 1 amide bonds. The number of thiol groups is 1. The van der Waals surface area contributed by atoms with E-state index in [0.717, 1.165) is 12.1 Å². The van der Waals surface area contributed by atoms with Crippen LogP contribution in [-0.2, 0) is 25.7 Å². The molecule has 2 aliphatic heterocycles. The van der Waals surface area contributed by atoms with E-state index in [2.05, 4.69) is 17.8 Å². The highest BCUT2D eigenvalue weighted by atomic mass is 35.5. The lowest BCUT2D eigenvalue weighted by atomic mass is 9.82. The van der Waals surface area contributed by atoms with Crippen LogP contribution in [-0.4, -0.2) is 40.9 Å². The normalized spacial score (nSPS) is 21.0. The van der Waals surface area contributed by atoms with Gasteiger partial charge in [0.15, 0.2) is 16.6 Å². The molecule has 2 aliphatic rings. The van der Waals surface area contributed by atoms with E-state index in [4.69, 9.17) is 28.0 Å². The van der Waals surface area contributed by atoms with Crippen LogP contribution in [0, 0.1) is 11.2 Å². The number of benzene rings is 2. The molecule has 0 unspecified atom stereocenters. The Labute approximate surface area is 230 Å². The van der Waals surface area contributed by atoms with Crippen LogP contribution in [0.5, 0.6) is 0 Å². The third-order valence-electron chi connectivity index (χ3n) is 6.71. The van der Waals surface area contributed by atoms with Gasteiger partial charge in [-0.25, -0.2) is 8.78 Å². The molecule has 1 saturated heterocycles. The summed E-state index contributed by atoms with van der Waals surface area (Å²) in [7, 11) is 0. The van der Waals surface area contributed by atoms with Crippen molar-refractivity contribution < 1.29 is 36.4 Å². The van der Waals surface area contributed by atoms with E-state index in [0.29, 0.717) is 0 Å². The minimum absolute atomic E-state index is 0.0676. The molecule has 0 radical (unpaired) electrons. The molecule has 38 heavy (non-hydrogen) atoms. The van der Waals surface area contributed by atoms with E-state index in [1.807, 2.05) is 0 Å². The summed E-state index contributed by atoms with van der Waals surface area (Å²) in [5, 5.41) is 1.98. The molecular weight excluding hydrogens is 574 g/mol. The van der Waals surface area contributed by atoms with Crippen LogP contribution in [0.2, 0.25) is 10.0 Å². The standard InChI is InChI=1S/C25H21Cl2F5N2O3S/c1-22(2,10-19(35)38)21(36)34-11-23(29,12-34)14-5-3-13(4-6-14)18-9-24(37-33-18,25(30,31)32)15-7-16(26)20(28)17(27)8-15/h3-8H,9-12H2,1-2H3,(H,35,38)/t24-/m0/s1. The fraction of sp³-hybridized carbons (Fsp3) is 0.400. The number of halogens is 7. The van der Waals surface area contributed by atoms with Crippen LogP contribution >= 0.6 is 35.8 Å². The van der Waals surface area contributed by atoms with Crippen molar-refractivity contribution in [2.45, 2.75) is 44.1 Å². The van der Waals surface area contributed by atoms with E-state index in [-0.39, 0.29) is 42.3 Å². The van der Waals surface area contributed by atoms with Gasteiger partial charge in [-0.15, -0.1) is 12.6 Å². The van der Waals surface area contributed by atoms with Crippen LogP contribution < -0.4 is 0 Å². The van der Waals surface area contributed by atoms with E-state index in [1.165, 1.54) is 29.2 Å². The quantitative estimate of drug-likeness (QED) is 0.233. The van der Waals surface area contributed by atoms with Crippen molar-refractivity contribution in [2.75, 3.05) is 13.1 Å². The predicted octanol–water partition coefficient (Wildman–Crippen LogP) is 6.59. The van der Waals surface area contributed by atoms with Gasteiger partial charge in [0, 0.05) is 18.4 Å². The average molecular weight is 595 g/mol. The van der Waals surface area contributed by atoms with Crippen molar-refractivity contribution in [1.82, 2.24) is 4.90 Å². The average Bonchev–Trinajstić information content (AvgIpc) is 3.26. The highest BCUT2D eigenvalue weighted by Crippen LogP contribution is 2.50. The number of carbonyl (C=O) groups excluding carboxylic acids is 2. The zero-order chi connectivity index (χ0) is 28.3. The fourth-order valence-electron chi connectivity index (χ4n) is 4.58. The van der Waals surface area contributed by atoms with Crippen molar-refractivity contribution in [3.05, 3.63) is 69.0 Å². The van der Waals surface area contributed by atoms with Gasteiger partial charge >= 0.3 is 6.18 Å². The zero-order valence-electron chi connectivity index (χ0n) is 20.0. The Morgan fingerprint density at radius 2 is 1.63 bits per heavy atom. The predicted molar refractivity (Wildman–Crippen MR) is 135 cm³/mol. The molecule has 2 heterocycles. The second-order valence-electron chi connectivity index (χ2n) is 10.0. The van der Waals surface area contributed by atoms with Crippen molar-refractivity contribution in [1.29, 1.82) is 0 Å². The Morgan fingerprint density at radius 1 is 1.08 bits per heavy atom. The zero-order valence-corrected chi connectivity index (χ0v) is 22.4. The first-order valence-corrected chi connectivity index (χ1v) is 12.5. The summed E-state index contributed by atoms with van der Waals surface area (Å²) < 4.78 is 71.9. The first-order chi connectivity index (χ1) is 17.5. The van der Waals surface area contributed by atoms with Crippen molar-refractivity contribution in [2.24, 2.45) is 10.6 Å². The van der Waals surface area contributed by atoms with E-state index in [9.17, 15) is 27.2 Å². The van der Waals surface area contributed by atoms with Crippen LogP contribution in [0.4, 0.5) is 22.0 Å². The molecule has 0 saturated carbocycles. The smallest absolute Gasteiger partial charge is 0.374 e. The Bertz CT molecular complexity index is 1300. The first kappa shape index (κ1) is 28.6. The molecule has 13 heteroatoms. The van der Waals surface area contributed by atoms with Gasteiger partial charge < -0.3 is 9.74 Å². The first-order valence-electron chi connectivity index (χ1n) is 11.3. The molecule has 1 atom stereocenters. The number of rotatable bonds is 6. The summed E-state index contributed by atoms with van der Waals surface area (Å²) in [6, 6.07) is 7.21. The number of oxime groups is 1. The number of amides is 1. The third-order valence-corrected chi connectivity index (χ3v) is 7.42. The summed E-state index contributed by atoms with van der Waals surface area (Å²) in [6.45, 7) is 2.69. The minimum atomic E-state index is -4.96. The van der Waals surface area contributed by atoms with Crippen LogP contribution in [0.3, 0.4) is 0 Å². The molecule has 0 spiro atoms. The number of alkyl halides is 4. The van der Waals surface area contributed by atoms with Gasteiger partial charge in [-0.2, -0.15) is 13.2 Å². The van der Waals surface area contributed by atoms with Gasteiger partial charge in [-0.3, -0.25) is 9.59 Å². The summed E-state index contributed by atoms with van der Waals surface area (Å²) in [5.74, 6) is -1.44. The summed E-state index contributed by atoms with van der Waals surface area (Å²) >= 11 is 15.1. The van der Waals surface area contributed by atoms with Gasteiger partial charge in [0.1, 0.15) is 0 Å². The van der Waals surface area contributed by atoms with Crippen molar-refractivity contribution in [3.63, 3.8) is 0 Å². The Balaban J connectivity index is 1.51. The molecule has 0 N–H and O–H groups in total. The van der Waals surface area contributed by atoms with Crippen LogP contribution in [0.1, 0.15) is 43.4 Å². The summed E-state index contributed by atoms with van der Waals surface area (Å²) in [5.41, 5.74) is -5.94. The number of likely N-dealkylation sites (tertiary alicyclic amines) is 1. The second kappa shape index (κ2) is 9.67. The maximum absolute atomic E-state index is 15.5. The SMILES string of the molecule is CC(C)(CC(=O)S)C(=O)N1CC(F)(c2ccc(C3=NO[C@@](c4cc(Cl)c(F)c(Cl)c4)(C(F)(F)F)C3)cc2)C1. The lowest BCUT2D eigenvalue weighted by molar-refractivity contribution is -0.275. The maximum Gasteiger partial charge on any atom is 0.435 e. The number of nitrogens with zero attached hydrogens (tertiary/aromatic N) is 2. The summed E-state index contributed by atoms with van der Waals surface area (Å²) in [4.78, 5) is 30.2. The molecule has 2 aromatic rings. The molecule has 5 nitrogen and oxygen atoms in total. The van der Waals surface area contributed by atoms with E-state index in [1.54, 1.807) is 13.8 Å². The molecule has 1 fully saturated rings. The largest absolute Gasteiger partial charge is 0.435 e. The maximum atomic E-state index is 15.5. The highest BCUT2D eigenvalue weighted by molar-refractivity contribution is 7.96. The molecule has 204 valence electrons. The lowest BCUT2D eigenvalue weighted by Crippen LogP contribution is -2.61. The van der Waals surface area contributed by atoms with Crippen LogP contribution in [0.15, 0.2) is 41.6 Å². The Hall–Kier alpha value is -2.37. The molecule has 0 aliphatic carbocycles. The monoisotopic (exact) mass is 594 g/mol. The second-order valence-corrected chi connectivity index (χ2v) is 11.4. The van der Waals surface area contributed by atoms with Gasteiger partial charge in [0.2, 0.25) is 5.91 Å². The van der Waals surface area contributed by atoms with Gasteiger partial charge in [0.25, 0.3) is 5.60 Å². The van der Waals surface area contributed by atoms with Gasteiger partial charge in [0.05, 0.1) is 34.3 Å². The van der Waals surface area contributed by atoms with Gasteiger partial charge in [-0.05, 0) is 23.3 Å². The Morgan fingerprint density at radius 3 is 2.13 bits per heavy atom. The van der Waals surface area contributed by atoms with Crippen LogP contribution in [0.25, 0.3) is 0 Å². The number of hydrogen-bond acceptors (Lipinski definition) is 4. The van der Waals surface area contributed by atoms with E-state index < -0.39 is 55.8 Å². The lowest BCUT2D eigenvalue weighted by Gasteiger charge is -2.47.